The number of nitrogens with one attached hydrogen (secondary N) is 1. The number of rotatable bonds is 6. The average molecular weight is 316 g/mol. The number of carbonyl (C=O) groups excluding carboxylic acids is 1. The SMILES string of the molecule is Cc1ccc(/C=C/C(=O)NCC(c2cccc(F)c2)N(C)C)o1. The third-order valence-electron chi connectivity index (χ3n) is 3.49. The van der Waals surface area contributed by atoms with Crippen LogP contribution in [0.2, 0.25) is 0 Å². The quantitative estimate of drug-likeness (QED) is 0.833. The van der Waals surface area contributed by atoms with Crippen LogP contribution in [0.15, 0.2) is 46.9 Å². The average Bonchev–Trinajstić information content (AvgIpc) is 2.91. The molecule has 2 rings (SSSR count). The number of furan rings is 1. The van der Waals surface area contributed by atoms with E-state index >= 15 is 0 Å². The van der Waals surface area contributed by atoms with Gasteiger partial charge in [-0.2, -0.15) is 0 Å². The zero-order chi connectivity index (χ0) is 16.8. The summed E-state index contributed by atoms with van der Waals surface area (Å²) in [4.78, 5) is 13.9. The number of amides is 1. The molecule has 0 aliphatic heterocycles. The Kier molecular flexibility index (Phi) is 5.71. The highest BCUT2D eigenvalue weighted by molar-refractivity contribution is 5.91. The summed E-state index contributed by atoms with van der Waals surface area (Å²) in [6, 6.07) is 9.94. The number of likely N-dealkylation sites (N-methyl/N-ethyl adjacent to an activating group) is 1. The number of nitrogens with zero attached hydrogens (tertiary/aromatic N) is 1. The Labute approximate surface area is 135 Å². The molecule has 0 aliphatic carbocycles. The molecular formula is C18H21FN2O2. The van der Waals surface area contributed by atoms with Gasteiger partial charge in [0.05, 0.1) is 6.04 Å². The molecule has 1 atom stereocenters. The highest BCUT2D eigenvalue weighted by Gasteiger charge is 2.15. The summed E-state index contributed by atoms with van der Waals surface area (Å²) < 4.78 is 18.7. The van der Waals surface area contributed by atoms with Crippen molar-refractivity contribution < 1.29 is 13.6 Å². The van der Waals surface area contributed by atoms with E-state index in [1.165, 1.54) is 18.2 Å². The first-order chi connectivity index (χ1) is 11.0. The first-order valence-corrected chi connectivity index (χ1v) is 7.40. The lowest BCUT2D eigenvalue weighted by molar-refractivity contribution is -0.116. The molecule has 1 aromatic heterocycles. The lowest BCUT2D eigenvalue weighted by Gasteiger charge is -2.24. The van der Waals surface area contributed by atoms with Gasteiger partial charge in [0, 0.05) is 12.6 Å². The minimum absolute atomic E-state index is 0.103. The van der Waals surface area contributed by atoms with E-state index in [0.717, 1.165) is 11.3 Å². The van der Waals surface area contributed by atoms with E-state index in [9.17, 15) is 9.18 Å². The predicted octanol–water partition coefficient (Wildman–Crippen LogP) is 3.16. The fraction of sp³-hybridized carbons (Fsp3) is 0.278. The molecule has 5 heteroatoms. The standard InChI is InChI=1S/C18H21FN2O2/c1-13-7-8-16(23-13)9-10-18(22)20-12-17(21(2)3)14-5-4-6-15(19)11-14/h4-11,17H,12H2,1-3H3,(H,20,22)/b10-9+. The first kappa shape index (κ1) is 17.0. The minimum Gasteiger partial charge on any atom is -0.462 e. The van der Waals surface area contributed by atoms with Crippen molar-refractivity contribution in [3.05, 3.63) is 65.4 Å². The molecule has 0 saturated heterocycles. The number of carbonyl (C=O) groups is 1. The van der Waals surface area contributed by atoms with Crippen LogP contribution in [0.4, 0.5) is 4.39 Å². The van der Waals surface area contributed by atoms with Crippen LogP contribution in [0.25, 0.3) is 6.08 Å². The Morgan fingerprint density at radius 3 is 2.74 bits per heavy atom. The van der Waals surface area contributed by atoms with Gasteiger partial charge in [0.1, 0.15) is 17.3 Å². The molecule has 4 nitrogen and oxygen atoms in total. The minimum atomic E-state index is -0.284. The van der Waals surface area contributed by atoms with E-state index in [0.29, 0.717) is 12.3 Å². The second-order valence-electron chi connectivity index (χ2n) is 5.56. The highest BCUT2D eigenvalue weighted by atomic mass is 19.1. The van der Waals surface area contributed by atoms with Gasteiger partial charge in [-0.1, -0.05) is 12.1 Å². The molecule has 1 heterocycles. The van der Waals surface area contributed by atoms with Crippen molar-refractivity contribution in [2.45, 2.75) is 13.0 Å². The van der Waals surface area contributed by atoms with E-state index in [2.05, 4.69) is 5.32 Å². The topological polar surface area (TPSA) is 45.5 Å². The summed E-state index contributed by atoms with van der Waals surface area (Å²) in [5, 5.41) is 2.83. The van der Waals surface area contributed by atoms with Crippen molar-refractivity contribution in [2.24, 2.45) is 0 Å². The summed E-state index contributed by atoms with van der Waals surface area (Å²) in [5.74, 6) is 0.923. The number of benzene rings is 1. The van der Waals surface area contributed by atoms with Crippen LogP contribution in [-0.4, -0.2) is 31.4 Å². The van der Waals surface area contributed by atoms with Gasteiger partial charge in [-0.05, 0) is 56.9 Å². The number of hydrogen-bond acceptors (Lipinski definition) is 3. The molecular weight excluding hydrogens is 295 g/mol. The molecule has 1 unspecified atom stereocenters. The van der Waals surface area contributed by atoms with Gasteiger partial charge in [-0.15, -0.1) is 0 Å². The highest BCUT2D eigenvalue weighted by Crippen LogP contribution is 2.18. The van der Waals surface area contributed by atoms with Gasteiger partial charge in [-0.25, -0.2) is 4.39 Å². The van der Waals surface area contributed by atoms with E-state index in [-0.39, 0.29) is 17.8 Å². The Morgan fingerprint density at radius 2 is 2.13 bits per heavy atom. The smallest absolute Gasteiger partial charge is 0.244 e. The maximum Gasteiger partial charge on any atom is 0.244 e. The molecule has 0 spiro atoms. The van der Waals surface area contributed by atoms with E-state index in [4.69, 9.17) is 4.42 Å². The Bertz CT molecular complexity index is 692. The van der Waals surface area contributed by atoms with Gasteiger partial charge in [0.2, 0.25) is 5.91 Å². The number of aryl methyl sites for hydroxylation is 1. The molecule has 0 aliphatic rings. The van der Waals surface area contributed by atoms with Crippen molar-refractivity contribution >= 4 is 12.0 Å². The summed E-state index contributed by atoms with van der Waals surface area (Å²) in [7, 11) is 3.78. The zero-order valence-corrected chi connectivity index (χ0v) is 13.5. The normalized spacial score (nSPS) is 12.7. The van der Waals surface area contributed by atoms with Gasteiger partial charge >= 0.3 is 0 Å². The summed E-state index contributed by atoms with van der Waals surface area (Å²) >= 11 is 0. The third-order valence-corrected chi connectivity index (χ3v) is 3.49. The van der Waals surface area contributed by atoms with Gasteiger partial charge < -0.3 is 14.6 Å². The van der Waals surface area contributed by atoms with Crippen molar-refractivity contribution in [3.8, 4) is 0 Å². The molecule has 0 fully saturated rings. The maximum atomic E-state index is 13.4. The van der Waals surface area contributed by atoms with Crippen LogP contribution < -0.4 is 5.32 Å². The largest absolute Gasteiger partial charge is 0.462 e. The van der Waals surface area contributed by atoms with Crippen molar-refractivity contribution in [1.82, 2.24) is 10.2 Å². The van der Waals surface area contributed by atoms with E-state index < -0.39 is 0 Å². The van der Waals surface area contributed by atoms with Crippen LogP contribution in [-0.2, 0) is 4.79 Å². The molecule has 1 amide bonds. The molecule has 0 radical (unpaired) electrons. The fourth-order valence-electron chi connectivity index (χ4n) is 2.27. The summed E-state index contributed by atoms with van der Waals surface area (Å²) in [6.45, 7) is 2.23. The second kappa shape index (κ2) is 7.74. The van der Waals surface area contributed by atoms with E-state index in [1.807, 2.05) is 38.1 Å². The predicted molar refractivity (Wildman–Crippen MR) is 88.3 cm³/mol. The van der Waals surface area contributed by atoms with Crippen LogP contribution in [0, 0.1) is 12.7 Å². The molecule has 2 aromatic rings. The lowest BCUT2D eigenvalue weighted by Crippen LogP contribution is -2.33. The first-order valence-electron chi connectivity index (χ1n) is 7.40. The maximum absolute atomic E-state index is 13.4. The van der Waals surface area contributed by atoms with Gasteiger partial charge in [0.25, 0.3) is 0 Å². The monoisotopic (exact) mass is 316 g/mol. The molecule has 1 N–H and O–H groups in total. The summed E-state index contributed by atoms with van der Waals surface area (Å²) in [5.41, 5.74) is 0.820. The lowest BCUT2D eigenvalue weighted by atomic mass is 10.1. The van der Waals surface area contributed by atoms with Crippen LogP contribution in [0.1, 0.15) is 23.1 Å². The summed E-state index contributed by atoms with van der Waals surface area (Å²) in [6.07, 6.45) is 3.05. The second-order valence-corrected chi connectivity index (χ2v) is 5.56. The number of hydrogen-bond donors (Lipinski definition) is 1. The Balaban J connectivity index is 1.96. The van der Waals surface area contributed by atoms with Crippen molar-refractivity contribution in [2.75, 3.05) is 20.6 Å². The Hall–Kier alpha value is -2.40. The van der Waals surface area contributed by atoms with Crippen LogP contribution in [0.3, 0.4) is 0 Å². The van der Waals surface area contributed by atoms with Crippen molar-refractivity contribution in [3.63, 3.8) is 0 Å². The van der Waals surface area contributed by atoms with Crippen LogP contribution >= 0.6 is 0 Å². The Morgan fingerprint density at radius 1 is 1.35 bits per heavy atom. The molecule has 0 bridgehead atoms. The van der Waals surface area contributed by atoms with Gasteiger partial charge in [-0.3, -0.25) is 4.79 Å². The fourth-order valence-corrected chi connectivity index (χ4v) is 2.27. The van der Waals surface area contributed by atoms with E-state index in [1.54, 1.807) is 18.2 Å². The molecule has 122 valence electrons. The van der Waals surface area contributed by atoms with Crippen LogP contribution in [0.5, 0.6) is 0 Å². The third kappa shape index (κ3) is 5.07. The van der Waals surface area contributed by atoms with Crippen molar-refractivity contribution in [1.29, 1.82) is 0 Å². The molecule has 0 saturated carbocycles. The number of halogens is 1. The zero-order valence-electron chi connectivity index (χ0n) is 13.5. The molecule has 23 heavy (non-hydrogen) atoms. The molecule has 1 aromatic carbocycles. The van der Waals surface area contributed by atoms with Gasteiger partial charge in [0.15, 0.2) is 0 Å².